The van der Waals surface area contributed by atoms with Gasteiger partial charge >= 0.3 is 12.1 Å². The van der Waals surface area contributed by atoms with Crippen LogP contribution >= 0.6 is 22.7 Å². The van der Waals surface area contributed by atoms with Gasteiger partial charge in [0.1, 0.15) is 12.6 Å². The van der Waals surface area contributed by atoms with Crippen molar-refractivity contribution in [1.29, 1.82) is 0 Å². The average Bonchev–Trinajstić information content (AvgIpc) is 3.56. The Hall–Kier alpha value is -4.33. The van der Waals surface area contributed by atoms with Crippen LogP contribution in [0.1, 0.15) is 60.4 Å². The maximum absolute atomic E-state index is 14.1. The largest absolute Gasteiger partial charge is 0.444 e. The van der Waals surface area contributed by atoms with Crippen molar-refractivity contribution in [2.24, 2.45) is 5.92 Å². The molecule has 3 atom stereocenters. The van der Waals surface area contributed by atoms with E-state index in [-0.39, 0.29) is 49.2 Å². The topological polar surface area (TPSA) is 135 Å². The van der Waals surface area contributed by atoms with Crippen LogP contribution in [0.5, 0.6) is 0 Å². The van der Waals surface area contributed by atoms with Gasteiger partial charge in [0.25, 0.3) is 0 Å². The Morgan fingerprint density at radius 1 is 0.804 bits per heavy atom. The zero-order valence-corrected chi connectivity index (χ0v) is 30.9. The van der Waals surface area contributed by atoms with E-state index in [1.807, 2.05) is 74.5 Å². The van der Waals surface area contributed by atoms with Gasteiger partial charge in [0, 0.05) is 42.0 Å². The summed E-state index contributed by atoms with van der Waals surface area (Å²) in [5.41, 5.74) is 5.61. The molecule has 11 nitrogen and oxygen atoms in total. The lowest BCUT2D eigenvalue weighted by atomic mass is 9.96. The molecule has 0 bridgehead atoms. The number of carbonyl (C=O) groups is 3. The van der Waals surface area contributed by atoms with Crippen LogP contribution in [0, 0.1) is 5.92 Å². The third kappa shape index (κ3) is 13.4. The number of aromatic nitrogens is 2. The molecular weight excluding hydrogens is 685 g/mol. The van der Waals surface area contributed by atoms with Crippen LogP contribution in [0.25, 0.3) is 0 Å². The van der Waals surface area contributed by atoms with Crippen molar-refractivity contribution < 1.29 is 23.9 Å². The van der Waals surface area contributed by atoms with Gasteiger partial charge in [0.05, 0.1) is 29.0 Å². The molecule has 0 aliphatic heterocycles. The lowest BCUT2D eigenvalue weighted by Gasteiger charge is -2.28. The summed E-state index contributed by atoms with van der Waals surface area (Å²) >= 11 is 2.94. The summed E-state index contributed by atoms with van der Waals surface area (Å²) in [6.07, 6.45) is 7.15. The number of carbonyl (C=O) groups excluding carboxylic acids is 3. The Morgan fingerprint density at radius 2 is 1.39 bits per heavy atom. The van der Waals surface area contributed by atoms with Gasteiger partial charge in [-0.3, -0.25) is 14.8 Å². The fraction of sp³-hybridized carbons (Fsp3) is 0.447. The summed E-state index contributed by atoms with van der Waals surface area (Å²) < 4.78 is 11.4. The summed E-state index contributed by atoms with van der Waals surface area (Å²) in [6, 6.07) is 18.4. The number of hydrogen-bond donors (Lipinski definition) is 3. The molecule has 272 valence electrons. The van der Waals surface area contributed by atoms with Crippen LogP contribution in [0.2, 0.25) is 0 Å². The number of nitrogens with one attached hydrogen (secondary N) is 3. The number of hydrogen-bond acceptors (Lipinski definition) is 9. The van der Waals surface area contributed by atoms with Crippen molar-refractivity contribution in [3.8, 4) is 0 Å². The van der Waals surface area contributed by atoms with Crippen molar-refractivity contribution in [2.45, 2.75) is 89.7 Å². The Labute approximate surface area is 308 Å². The molecule has 5 rings (SSSR count). The lowest BCUT2D eigenvalue weighted by molar-refractivity contribution is -0.125. The van der Waals surface area contributed by atoms with Crippen LogP contribution in [0.15, 0.2) is 84.1 Å². The van der Waals surface area contributed by atoms with Crippen molar-refractivity contribution >= 4 is 40.7 Å². The molecule has 0 radical (unpaired) electrons. The van der Waals surface area contributed by atoms with Crippen molar-refractivity contribution in [3.63, 3.8) is 0 Å². The molecule has 1 saturated carbocycles. The third-order valence-corrected chi connectivity index (χ3v) is 9.94. The van der Waals surface area contributed by atoms with Crippen LogP contribution < -0.4 is 16.0 Å². The fourth-order valence-electron chi connectivity index (χ4n) is 5.69. The first kappa shape index (κ1) is 37.9. The highest BCUT2D eigenvalue weighted by atomic mass is 32.1. The minimum Gasteiger partial charge on any atom is -0.444 e. The Balaban J connectivity index is 1.28. The molecule has 2 heterocycles. The van der Waals surface area contributed by atoms with E-state index in [4.69, 9.17) is 9.47 Å². The number of benzene rings is 2. The van der Waals surface area contributed by atoms with E-state index in [0.717, 1.165) is 33.7 Å². The Bertz CT molecular complexity index is 1600. The van der Waals surface area contributed by atoms with Gasteiger partial charge < -0.3 is 30.3 Å². The molecule has 13 heteroatoms. The molecule has 0 unspecified atom stereocenters. The molecule has 4 aromatic rings. The van der Waals surface area contributed by atoms with E-state index < -0.39 is 12.1 Å². The molecule has 1 aliphatic carbocycles. The first-order valence-corrected chi connectivity index (χ1v) is 19.3. The molecular formula is C38H48N6O5S2. The zero-order chi connectivity index (χ0) is 35.8. The zero-order valence-electron chi connectivity index (χ0n) is 29.2. The van der Waals surface area contributed by atoms with Crippen molar-refractivity contribution in [3.05, 3.63) is 105 Å². The molecule has 0 spiro atoms. The van der Waals surface area contributed by atoms with E-state index in [0.29, 0.717) is 38.8 Å². The second-order valence-electron chi connectivity index (χ2n) is 13.3. The van der Waals surface area contributed by atoms with E-state index in [1.54, 1.807) is 28.3 Å². The Kier molecular flexibility index (Phi) is 14.8. The van der Waals surface area contributed by atoms with E-state index in [1.165, 1.54) is 22.7 Å². The third-order valence-electron chi connectivity index (χ3n) is 8.42. The number of urea groups is 1. The van der Waals surface area contributed by atoms with Crippen LogP contribution in [-0.4, -0.2) is 70.3 Å². The molecule has 3 N–H and O–H groups in total. The minimum atomic E-state index is -0.891. The number of nitrogens with zero attached hydrogens (tertiary/aromatic N) is 3. The number of alkyl carbamates (subject to hydrolysis) is 1. The summed E-state index contributed by atoms with van der Waals surface area (Å²) in [4.78, 5) is 52.5. The lowest BCUT2D eigenvalue weighted by Crippen LogP contribution is -2.55. The summed E-state index contributed by atoms with van der Waals surface area (Å²) in [6.45, 7) is 5.20. The van der Waals surface area contributed by atoms with Crippen molar-refractivity contribution in [1.82, 2.24) is 30.8 Å². The standard InChI is InChI=1S/C38H48N6O5S2/c1-27(2)22-48-24-35(43-37(46)44(32-15-16-32)21-33-19-39-25-50-33)36(45)41-30(17-28-9-5-3-6-10-28)13-14-31(18-29-11-7-4-8-12-29)42-38(47)49-23-34-20-40-26-51-34/h3-12,19-20,25-27,30-32,35H,13-18,21-24H2,1-2H3,(H,41,45)(H,42,47)(H,43,46)/t30-,31-,35+/m1/s1. The molecule has 2 aromatic heterocycles. The van der Waals surface area contributed by atoms with Gasteiger partial charge in [-0.15, -0.1) is 22.7 Å². The first-order valence-electron chi connectivity index (χ1n) is 17.5. The van der Waals surface area contributed by atoms with E-state index in [9.17, 15) is 14.4 Å². The molecule has 1 aliphatic rings. The quantitative estimate of drug-likeness (QED) is 0.0963. The van der Waals surface area contributed by atoms with Crippen molar-refractivity contribution in [2.75, 3.05) is 13.2 Å². The highest BCUT2D eigenvalue weighted by Crippen LogP contribution is 2.29. The monoisotopic (exact) mass is 732 g/mol. The minimum absolute atomic E-state index is 0.0522. The van der Waals surface area contributed by atoms with Gasteiger partial charge in [-0.25, -0.2) is 9.59 Å². The molecule has 51 heavy (non-hydrogen) atoms. The summed E-state index contributed by atoms with van der Waals surface area (Å²) in [7, 11) is 0. The fourth-order valence-corrected chi connectivity index (χ4v) is 6.79. The molecule has 1 fully saturated rings. The molecule has 0 saturated heterocycles. The predicted molar refractivity (Wildman–Crippen MR) is 199 cm³/mol. The normalized spacial score (nSPS) is 14.3. The maximum Gasteiger partial charge on any atom is 0.407 e. The average molecular weight is 733 g/mol. The van der Waals surface area contributed by atoms with Gasteiger partial charge in [0.15, 0.2) is 0 Å². The number of amides is 4. The second-order valence-corrected chi connectivity index (χ2v) is 15.2. The summed E-state index contributed by atoms with van der Waals surface area (Å²) in [5, 5.41) is 9.30. The van der Waals surface area contributed by atoms with Gasteiger partial charge in [-0.2, -0.15) is 0 Å². The van der Waals surface area contributed by atoms with E-state index >= 15 is 0 Å². The maximum atomic E-state index is 14.1. The highest BCUT2D eigenvalue weighted by molar-refractivity contribution is 7.09. The van der Waals surface area contributed by atoms with Gasteiger partial charge in [-0.05, 0) is 55.6 Å². The second kappa shape index (κ2) is 19.9. The number of ether oxygens (including phenoxy) is 2. The highest BCUT2D eigenvalue weighted by Gasteiger charge is 2.35. The van der Waals surface area contributed by atoms with Gasteiger partial charge in [-0.1, -0.05) is 74.5 Å². The van der Waals surface area contributed by atoms with E-state index in [2.05, 4.69) is 25.9 Å². The van der Waals surface area contributed by atoms with Crippen LogP contribution in [-0.2, 0) is 40.3 Å². The smallest absolute Gasteiger partial charge is 0.407 e. The van der Waals surface area contributed by atoms with Crippen LogP contribution in [0.4, 0.5) is 9.59 Å². The Morgan fingerprint density at radius 3 is 1.94 bits per heavy atom. The molecule has 4 amide bonds. The number of thiazole rings is 2. The number of rotatable bonds is 20. The van der Waals surface area contributed by atoms with Crippen LogP contribution in [0.3, 0.4) is 0 Å². The SMILES string of the molecule is CC(C)COC[C@H](NC(=O)N(Cc1cncs1)C1CC1)C(=O)N[C@H](CC[C@H](Cc1ccccc1)NC(=O)OCc1cncs1)Cc1ccccc1. The van der Waals surface area contributed by atoms with Gasteiger partial charge in [0.2, 0.25) is 5.91 Å². The predicted octanol–water partition coefficient (Wildman–Crippen LogP) is 6.36. The first-order chi connectivity index (χ1) is 24.8. The summed E-state index contributed by atoms with van der Waals surface area (Å²) in [5.74, 6) is -0.0367. The molecule has 2 aromatic carbocycles.